The largest absolute Gasteiger partial charge is 0.271 e. The molecule has 0 fully saturated rings. The molecule has 2 aromatic rings. The summed E-state index contributed by atoms with van der Waals surface area (Å²) < 4.78 is 0. The summed E-state index contributed by atoms with van der Waals surface area (Å²) in [6.45, 7) is 8.85. The molecule has 0 spiro atoms. The van der Waals surface area contributed by atoms with Crippen molar-refractivity contribution in [3.8, 4) is 0 Å². The molecular formula is C17H24N2S. The molecule has 0 amide bonds. The first-order valence-corrected chi connectivity index (χ1v) is 7.89. The predicted molar refractivity (Wildman–Crippen MR) is 88.0 cm³/mol. The van der Waals surface area contributed by atoms with E-state index in [-0.39, 0.29) is 11.5 Å². The molecule has 0 saturated carbocycles. The van der Waals surface area contributed by atoms with Crippen LogP contribution < -0.4 is 11.3 Å². The van der Waals surface area contributed by atoms with Gasteiger partial charge in [0.2, 0.25) is 0 Å². The van der Waals surface area contributed by atoms with Gasteiger partial charge in [0, 0.05) is 4.88 Å². The SMILES string of the molecule is Cc1ccsc1C(Cc1ccc(C(C)(C)C)cc1)NN. The van der Waals surface area contributed by atoms with Crippen LogP contribution in [0.15, 0.2) is 35.7 Å². The Morgan fingerprint density at radius 2 is 1.80 bits per heavy atom. The van der Waals surface area contributed by atoms with Crippen molar-refractivity contribution in [2.45, 2.75) is 45.6 Å². The second-order valence-electron chi connectivity index (χ2n) is 6.34. The second kappa shape index (κ2) is 6.08. The van der Waals surface area contributed by atoms with Gasteiger partial charge in [0.05, 0.1) is 6.04 Å². The molecule has 2 rings (SSSR count). The molecule has 1 aromatic carbocycles. The van der Waals surface area contributed by atoms with Crippen molar-refractivity contribution >= 4 is 11.3 Å². The fourth-order valence-corrected chi connectivity index (χ4v) is 3.33. The molecule has 0 aliphatic rings. The minimum Gasteiger partial charge on any atom is -0.271 e. The summed E-state index contributed by atoms with van der Waals surface area (Å²) in [6.07, 6.45) is 0.919. The average Bonchev–Trinajstić information content (AvgIpc) is 2.82. The maximum Gasteiger partial charge on any atom is 0.0596 e. The van der Waals surface area contributed by atoms with E-state index in [0.717, 1.165) is 6.42 Å². The van der Waals surface area contributed by atoms with Crippen LogP contribution in [-0.2, 0) is 11.8 Å². The van der Waals surface area contributed by atoms with Crippen LogP contribution in [0.25, 0.3) is 0 Å². The number of rotatable bonds is 4. The molecule has 3 N–H and O–H groups in total. The first kappa shape index (κ1) is 15.2. The first-order valence-electron chi connectivity index (χ1n) is 7.01. The molecule has 0 aliphatic carbocycles. The Morgan fingerprint density at radius 3 is 2.25 bits per heavy atom. The molecule has 0 radical (unpaired) electrons. The van der Waals surface area contributed by atoms with Gasteiger partial charge in [-0.1, -0.05) is 45.0 Å². The third-order valence-electron chi connectivity index (χ3n) is 3.68. The molecule has 1 atom stereocenters. The normalized spacial score (nSPS) is 13.4. The first-order chi connectivity index (χ1) is 9.41. The highest BCUT2D eigenvalue weighted by atomic mass is 32.1. The Morgan fingerprint density at radius 1 is 1.15 bits per heavy atom. The third-order valence-corrected chi connectivity index (χ3v) is 4.81. The fraction of sp³-hybridized carbons (Fsp3) is 0.412. The summed E-state index contributed by atoms with van der Waals surface area (Å²) >= 11 is 1.77. The Labute approximate surface area is 126 Å². The molecule has 108 valence electrons. The van der Waals surface area contributed by atoms with Gasteiger partial charge in [-0.2, -0.15) is 0 Å². The number of thiophene rings is 1. The zero-order valence-electron chi connectivity index (χ0n) is 12.7. The Hall–Kier alpha value is -1.16. The Bertz CT molecular complexity index is 549. The second-order valence-corrected chi connectivity index (χ2v) is 7.29. The van der Waals surface area contributed by atoms with Crippen molar-refractivity contribution in [3.05, 3.63) is 57.3 Å². The standard InChI is InChI=1S/C17H24N2S/c1-12-9-10-20-16(12)15(19-18)11-13-5-7-14(8-6-13)17(2,3)4/h5-10,15,19H,11,18H2,1-4H3. The van der Waals surface area contributed by atoms with E-state index >= 15 is 0 Å². The van der Waals surface area contributed by atoms with Gasteiger partial charge in [0.1, 0.15) is 0 Å². The topological polar surface area (TPSA) is 38.0 Å². The summed E-state index contributed by atoms with van der Waals surface area (Å²) in [5.41, 5.74) is 7.14. The van der Waals surface area contributed by atoms with Crippen LogP contribution in [0.4, 0.5) is 0 Å². The molecule has 1 heterocycles. The van der Waals surface area contributed by atoms with Crippen LogP contribution in [0.2, 0.25) is 0 Å². The molecule has 1 aromatic heterocycles. The highest BCUT2D eigenvalue weighted by molar-refractivity contribution is 7.10. The van der Waals surface area contributed by atoms with E-state index in [1.54, 1.807) is 11.3 Å². The maximum absolute atomic E-state index is 5.74. The van der Waals surface area contributed by atoms with E-state index in [1.807, 2.05) is 0 Å². The average molecular weight is 288 g/mol. The number of nitrogens with two attached hydrogens (primary N) is 1. The van der Waals surface area contributed by atoms with Gasteiger partial charge in [-0.3, -0.25) is 11.3 Å². The lowest BCUT2D eigenvalue weighted by molar-refractivity contribution is 0.557. The predicted octanol–water partition coefficient (Wildman–Crippen LogP) is 4.10. The van der Waals surface area contributed by atoms with Gasteiger partial charge in [0.25, 0.3) is 0 Å². The smallest absolute Gasteiger partial charge is 0.0596 e. The van der Waals surface area contributed by atoms with E-state index < -0.39 is 0 Å². The van der Waals surface area contributed by atoms with Crippen molar-refractivity contribution in [3.63, 3.8) is 0 Å². The minimum atomic E-state index is 0.190. The lowest BCUT2D eigenvalue weighted by Crippen LogP contribution is -2.29. The van der Waals surface area contributed by atoms with Crippen molar-refractivity contribution < 1.29 is 0 Å². The summed E-state index contributed by atoms with van der Waals surface area (Å²) in [5.74, 6) is 5.74. The zero-order valence-corrected chi connectivity index (χ0v) is 13.6. The number of hydrogen-bond donors (Lipinski definition) is 2. The molecule has 3 heteroatoms. The monoisotopic (exact) mass is 288 g/mol. The maximum atomic E-state index is 5.74. The fourth-order valence-electron chi connectivity index (χ4n) is 2.35. The summed E-state index contributed by atoms with van der Waals surface area (Å²) in [4.78, 5) is 1.33. The van der Waals surface area contributed by atoms with Gasteiger partial charge in [-0.25, -0.2) is 0 Å². The van der Waals surface area contributed by atoms with Gasteiger partial charge >= 0.3 is 0 Å². The van der Waals surface area contributed by atoms with Crippen LogP contribution in [0, 0.1) is 6.92 Å². The van der Waals surface area contributed by atoms with Gasteiger partial charge < -0.3 is 0 Å². The van der Waals surface area contributed by atoms with Gasteiger partial charge in [0.15, 0.2) is 0 Å². The number of aryl methyl sites for hydroxylation is 1. The molecule has 1 unspecified atom stereocenters. The highest BCUT2D eigenvalue weighted by Gasteiger charge is 2.16. The summed E-state index contributed by atoms with van der Waals surface area (Å²) in [7, 11) is 0. The summed E-state index contributed by atoms with van der Waals surface area (Å²) in [6, 6.07) is 11.2. The van der Waals surface area contributed by atoms with E-state index in [1.165, 1.54) is 21.6 Å². The van der Waals surface area contributed by atoms with E-state index in [4.69, 9.17) is 5.84 Å². The van der Waals surface area contributed by atoms with Crippen LogP contribution in [0.3, 0.4) is 0 Å². The minimum absolute atomic E-state index is 0.190. The molecule has 20 heavy (non-hydrogen) atoms. The highest BCUT2D eigenvalue weighted by Crippen LogP contribution is 2.27. The van der Waals surface area contributed by atoms with Crippen LogP contribution in [-0.4, -0.2) is 0 Å². The molecule has 0 aliphatic heterocycles. The van der Waals surface area contributed by atoms with E-state index in [0.29, 0.717) is 0 Å². The molecule has 2 nitrogen and oxygen atoms in total. The Kier molecular flexibility index (Phi) is 4.63. The molecule has 0 saturated heterocycles. The number of nitrogens with one attached hydrogen (secondary N) is 1. The van der Waals surface area contributed by atoms with E-state index in [2.05, 4.69) is 68.8 Å². The lowest BCUT2D eigenvalue weighted by Gasteiger charge is -2.20. The van der Waals surface area contributed by atoms with Crippen molar-refractivity contribution in [2.24, 2.45) is 5.84 Å². The number of benzene rings is 1. The molecule has 0 bridgehead atoms. The number of hydrazine groups is 1. The third kappa shape index (κ3) is 3.48. The quantitative estimate of drug-likeness (QED) is 0.656. The number of hydrogen-bond acceptors (Lipinski definition) is 3. The van der Waals surface area contributed by atoms with Crippen LogP contribution >= 0.6 is 11.3 Å². The molecular weight excluding hydrogens is 264 g/mol. The van der Waals surface area contributed by atoms with Crippen LogP contribution in [0.5, 0.6) is 0 Å². The lowest BCUT2D eigenvalue weighted by atomic mass is 9.86. The zero-order chi connectivity index (χ0) is 14.8. The van der Waals surface area contributed by atoms with Crippen molar-refractivity contribution in [1.29, 1.82) is 0 Å². The van der Waals surface area contributed by atoms with Gasteiger partial charge in [-0.15, -0.1) is 11.3 Å². The Balaban J connectivity index is 2.15. The van der Waals surface area contributed by atoms with Crippen molar-refractivity contribution in [1.82, 2.24) is 5.43 Å². The summed E-state index contributed by atoms with van der Waals surface area (Å²) in [5, 5.41) is 2.12. The van der Waals surface area contributed by atoms with Gasteiger partial charge in [-0.05, 0) is 46.9 Å². The van der Waals surface area contributed by atoms with Crippen molar-refractivity contribution in [2.75, 3.05) is 0 Å². The van der Waals surface area contributed by atoms with Crippen LogP contribution in [0.1, 0.15) is 48.4 Å². The van der Waals surface area contributed by atoms with E-state index in [9.17, 15) is 0 Å².